The van der Waals surface area contributed by atoms with Crippen LogP contribution in [0.1, 0.15) is 23.3 Å². The van der Waals surface area contributed by atoms with Crippen LogP contribution in [0.2, 0.25) is 0 Å². The highest BCUT2D eigenvalue weighted by Crippen LogP contribution is 2.09. The second-order valence-electron chi connectivity index (χ2n) is 3.87. The van der Waals surface area contributed by atoms with Gasteiger partial charge in [0.15, 0.2) is 11.5 Å². The van der Waals surface area contributed by atoms with E-state index in [0.29, 0.717) is 25.2 Å². The van der Waals surface area contributed by atoms with Gasteiger partial charge in [0.25, 0.3) is 0 Å². The molecule has 1 aromatic heterocycles. The van der Waals surface area contributed by atoms with Crippen molar-refractivity contribution in [1.29, 1.82) is 0 Å². The Balaban J connectivity index is 2.51. The Bertz CT molecular complexity index is 433. The standard InChI is InChI=1S/C12H17N3O4/c1-15(8-4-5-11(16)18-2)10-7-6-9(13-14-10)12(17)19-3/h6-7H,4-5,8H2,1-3H3. The predicted molar refractivity (Wildman–Crippen MR) is 67.9 cm³/mol. The van der Waals surface area contributed by atoms with Gasteiger partial charge in [-0.1, -0.05) is 0 Å². The fraction of sp³-hybridized carbons (Fsp3) is 0.500. The van der Waals surface area contributed by atoms with Crippen molar-refractivity contribution < 1.29 is 19.1 Å². The first-order valence-electron chi connectivity index (χ1n) is 5.78. The number of carbonyl (C=O) groups excluding carboxylic acids is 2. The van der Waals surface area contributed by atoms with Crippen LogP contribution < -0.4 is 4.90 Å². The molecule has 0 amide bonds. The second-order valence-corrected chi connectivity index (χ2v) is 3.87. The molecule has 0 radical (unpaired) electrons. The van der Waals surface area contributed by atoms with Gasteiger partial charge in [-0.15, -0.1) is 10.2 Å². The normalized spacial score (nSPS) is 9.84. The summed E-state index contributed by atoms with van der Waals surface area (Å²) in [7, 11) is 4.49. The average Bonchev–Trinajstić information content (AvgIpc) is 2.46. The van der Waals surface area contributed by atoms with Gasteiger partial charge in [0.1, 0.15) is 0 Å². The Morgan fingerprint density at radius 3 is 2.47 bits per heavy atom. The maximum absolute atomic E-state index is 11.2. The zero-order valence-corrected chi connectivity index (χ0v) is 11.3. The Morgan fingerprint density at radius 1 is 1.21 bits per heavy atom. The molecule has 19 heavy (non-hydrogen) atoms. The topological polar surface area (TPSA) is 81.6 Å². The number of carbonyl (C=O) groups is 2. The average molecular weight is 267 g/mol. The highest BCUT2D eigenvalue weighted by Gasteiger charge is 2.10. The first-order valence-corrected chi connectivity index (χ1v) is 5.78. The Morgan fingerprint density at radius 2 is 1.95 bits per heavy atom. The van der Waals surface area contributed by atoms with E-state index >= 15 is 0 Å². The van der Waals surface area contributed by atoms with E-state index < -0.39 is 5.97 Å². The summed E-state index contributed by atoms with van der Waals surface area (Å²) in [5, 5.41) is 7.70. The number of rotatable bonds is 6. The van der Waals surface area contributed by atoms with Crippen LogP contribution in [0.5, 0.6) is 0 Å². The van der Waals surface area contributed by atoms with Gasteiger partial charge in [-0.05, 0) is 18.6 Å². The fourth-order valence-corrected chi connectivity index (χ4v) is 1.42. The largest absolute Gasteiger partial charge is 0.469 e. The highest BCUT2D eigenvalue weighted by molar-refractivity contribution is 5.86. The zero-order valence-electron chi connectivity index (χ0n) is 11.3. The monoisotopic (exact) mass is 267 g/mol. The van der Waals surface area contributed by atoms with Crippen molar-refractivity contribution in [3.63, 3.8) is 0 Å². The molecule has 7 nitrogen and oxygen atoms in total. The van der Waals surface area contributed by atoms with E-state index in [4.69, 9.17) is 0 Å². The highest BCUT2D eigenvalue weighted by atomic mass is 16.5. The molecule has 0 unspecified atom stereocenters. The maximum atomic E-state index is 11.2. The number of esters is 2. The molecule has 7 heteroatoms. The van der Waals surface area contributed by atoms with Gasteiger partial charge in [0.2, 0.25) is 0 Å². The van der Waals surface area contributed by atoms with Crippen molar-refractivity contribution in [2.75, 3.05) is 32.7 Å². The summed E-state index contributed by atoms with van der Waals surface area (Å²) in [6.45, 7) is 0.640. The molecule has 0 fully saturated rings. The van der Waals surface area contributed by atoms with Gasteiger partial charge in [0.05, 0.1) is 14.2 Å². The zero-order chi connectivity index (χ0) is 14.3. The Labute approximate surface area is 111 Å². The molecule has 0 aliphatic rings. The van der Waals surface area contributed by atoms with E-state index in [0.717, 1.165) is 0 Å². The molecule has 0 bridgehead atoms. The van der Waals surface area contributed by atoms with Crippen molar-refractivity contribution in [2.24, 2.45) is 0 Å². The number of nitrogens with zero attached hydrogens (tertiary/aromatic N) is 3. The summed E-state index contributed by atoms with van der Waals surface area (Å²) < 4.78 is 9.09. The molecular weight excluding hydrogens is 250 g/mol. The van der Waals surface area contributed by atoms with E-state index in [1.165, 1.54) is 14.2 Å². The summed E-state index contributed by atoms with van der Waals surface area (Å²) in [6, 6.07) is 3.22. The lowest BCUT2D eigenvalue weighted by Gasteiger charge is -2.16. The van der Waals surface area contributed by atoms with Crippen LogP contribution in [0.3, 0.4) is 0 Å². The molecule has 104 valence electrons. The van der Waals surface area contributed by atoms with Crippen molar-refractivity contribution in [3.8, 4) is 0 Å². The Hall–Kier alpha value is -2.18. The fourth-order valence-electron chi connectivity index (χ4n) is 1.42. The molecule has 0 atom stereocenters. The minimum absolute atomic E-state index is 0.161. The van der Waals surface area contributed by atoms with E-state index in [1.54, 1.807) is 12.1 Å². The van der Waals surface area contributed by atoms with Gasteiger partial charge in [-0.25, -0.2) is 4.79 Å². The molecule has 1 rings (SSSR count). The lowest BCUT2D eigenvalue weighted by Crippen LogP contribution is -2.21. The molecule has 0 saturated carbocycles. The molecule has 1 aromatic rings. The molecule has 1 heterocycles. The van der Waals surface area contributed by atoms with Gasteiger partial charge in [0, 0.05) is 20.0 Å². The molecule has 0 aromatic carbocycles. The molecule has 0 aliphatic carbocycles. The van der Waals surface area contributed by atoms with Crippen molar-refractivity contribution >= 4 is 17.8 Å². The molecule has 0 N–H and O–H groups in total. The lowest BCUT2D eigenvalue weighted by atomic mass is 10.3. The number of aromatic nitrogens is 2. The summed E-state index contributed by atoms with van der Waals surface area (Å²) in [5.74, 6) is -0.134. The number of methoxy groups -OCH3 is 2. The van der Waals surface area contributed by atoms with Crippen LogP contribution in [-0.2, 0) is 14.3 Å². The van der Waals surface area contributed by atoms with E-state index in [9.17, 15) is 9.59 Å². The molecule has 0 spiro atoms. The van der Waals surface area contributed by atoms with Crippen LogP contribution in [-0.4, -0.2) is 49.9 Å². The quantitative estimate of drug-likeness (QED) is 0.700. The van der Waals surface area contributed by atoms with Crippen LogP contribution in [0.25, 0.3) is 0 Å². The van der Waals surface area contributed by atoms with Crippen LogP contribution in [0.15, 0.2) is 12.1 Å². The first-order chi connectivity index (χ1) is 9.08. The third kappa shape index (κ3) is 4.53. The van der Waals surface area contributed by atoms with E-state index in [-0.39, 0.29) is 11.7 Å². The second kappa shape index (κ2) is 7.30. The Kier molecular flexibility index (Phi) is 5.72. The van der Waals surface area contributed by atoms with Crippen molar-refractivity contribution in [2.45, 2.75) is 12.8 Å². The van der Waals surface area contributed by atoms with Crippen molar-refractivity contribution in [3.05, 3.63) is 17.8 Å². The van der Waals surface area contributed by atoms with Crippen LogP contribution >= 0.6 is 0 Å². The lowest BCUT2D eigenvalue weighted by molar-refractivity contribution is -0.140. The molecular formula is C12H17N3O4. The van der Waals surface area contributed by atoms with Crippen LogP contribution in [0, 0.1) is 0 Å². The number of hydrogen-bond acceptors (Lipinski definition) is 7. The van der Waals surface area contributed by atoms with Gasteiger partial charge in [-0.3, -0.25) is 4.79 Å². The third-order valence-corrected chi connectivity index (χ3v) is 2.54. The van der Waals surface area contributed by atoms with E-state index in [2.05, 4.69) is 19.7 Å². The summed E-state index contributed by atoms with van der Waals surface area (Å²) in [4.78, 5) is 24.0. The number of anilines is 1. The smallest absolute Gasteiger partial charge is 0.358 e. The third-order valence-electron chi connectivity index (χ3n) is 2.54. The minimum atomic E-state index is -0.521. The SMILES string of the molecule is COC(=O)CCCN(C)c1ccc(C(=O)OC)nn1. The summed E-state index contributed by atoms with van der Waals surface area (Å²) in [5.41, 5.74) is 0.161. The maximum Gasteiger partial charge on any atom is 0.358 e. The molecule has 0 aliphatic heterocycles. The van der Waals surface area contributed by atoms with Gasteiger partial charge in [-0.2, -0.15) is 0 Å². The number of hydrogen-bond donors (Lipinski definition) is 0. The van der Waals surface area contributed by atoms with Gasteiger partial charge >= 0.3 is 11.9 Å². The minimum Gasteiger partial charge on any atom is -0.469 e. The van der Waals surface area contributed by atoms with Gasteiger partial charge < -0.3 is 14.4 Å². The molecule has 0 saturated heterocycles. The van der Waals surface area contributed by atoms with Crippen LogP contribution in [0.4, 0.5) is 5.82 Å². The first kappa shape index (κ1) is 14.9. The summed E-state index contributed by atoms with van der Waals surface area (Å²) in [6.07, 6.45) is 1.01. The number of ether oxygens (including phenoxy) is 2. The van der Waals surface area contributed by atoms with E-state index in [1.807, 2.05) is 11.9 Å². The van der Waals surface area contributed by atoms with Crippen molar-refractivity contribution in [1.82, 2.24) is 10.2 Å². The summed E-state index contributed by atoms with van der Waals surface area (Å²) >= 11 is 0. The predicted octanol–water partition coefficient (Wildman–Crippen LogP) is 0.653.